The van der Waals surface area contributed by atoms with Gasteiger partial charge in [0.15, 0.2) is 0 Å². The van der Waals surface area contributed by atoms with E-state index in [0.29, 0.717) is 0 Å². The summed E-state index contributed by atoms with van der Waals surface area (Å²) in [5.41, 5.74) is 9.58. The number of nitrogens with two attached hydrogens (primary N) is 1. The number of aryl methyl sites for hydroxylation is 2. The summed E-state index contributed by atoms with van der Waals surface area (Å²) < 4.78 is 0. The molecule has 2 rings (SSSR count). The van der Waals surface area contributed by atoms with Crippen molar-refractivity contribution in [3.63, 3.8) is 0 Å². The summed E-state index contributed by atoms with van der Waals surface area (Å²) in [5, 5.41) is 0. The molecular weight excluding hydrogens is 186 g/mol. The third-order valence-corrected chi connectivity index (χ3v) is 2.94. The first-order valence-electron chi connectivity index (χ1n) is 5.77. The maximum atomic E-state index is 5.77. The SMILES string of the molecule is Cc1nc(CC(C)N)nc2c1CCCC2. The van der Waals surface area contributed by atoms with Gasteiger partial charge in [0.25, 0.3) is 0 Å². The molecule has 1 aromatic heterocycles. The molecule has 1 aromatic rings. The Morgan fingerprint density at radius 1 is 1.27 bits per heavy atom. The van der Waals surface area contributed by atoms with Gasteiger partial charge in [0, 0.05) is 23.9 Å². The molecule has 0 bridgehead atoms. The molecular formula is C12H19N3. The molecule has 82 valence electrons. The van der Waals surface area contributed by atoms with Crippen LogP contribution < -0.4 is 5.73 Å². The van der Waals surface area contributed by atoms with Gasteiger partial charge in [0.1, 0.15) is 5.82 Å². The van der Waals surface area contributed by atoms with E-state index >= 15 is 0 Å². The highest BCUT2D eigenvalue weighted by molar-refractivity contribution is 5.27. The molecule has 1 aliphatic carbocycles. The quantitative estimate of drug-likeness (QED) is 0.797. The van der Waals surface area contributed by atoms with Crippen molar-refractivity contribution >= 4 is 0 Å². The fraction of sp³-hybridized carbons (Fsp3) is 0.667. The topological polar surface area (TPSA) is 51.8 Å². The molecule has 0 amide bonds. The maximum absolute atomic E-state index is 5.77. The predicted octanol–water partition coefficient (Wildman–Crippen LogP) is 1.55. The number of aromatic nitrogens is 2. The first-order chi connectivity index (χ1) is 7.16. The minimum atomic E-state index is 0.144. The van der Waals surface area contributed by atoms with Gasteiger partial charge in [0.2, 0.25) is 0 Å². The lowest BCUT2D eigenvalue weighted by Gasteiger charge is -2.17. The Kier molecular flexibility index (Phi) is 3.00. The minimum Gasteiger partial charge on any atom is -0.328 e. The standard InChI is InChI=1S/C12H19N3/c1-8(13)7-12-14-9(2)10-5-3-4-6-11(10)15-12/h8H,3-7,13H2,1-2H3. The monoisotopic (exact) mass is 205 g/mol. The van der Waals surface area contributed by atoms with Gasteiger partial charge in [-0.3, -0.25) is 0 Å². The second-order valence-corrected chi connectivity index (χ2v) is 4.54. The van der Waals surface area contributed by atoms with Crippen LogP contribution >= 0.6 is 0 Å². The van der Waals surface area contributed by atoms with Crippen LogP contribution in [-0.4, -0.2) is 16.0 Å². The van der Waals surface area contributed by atoms with Gasteiger partial charge in [-0.1, -0.05) is 0 Å². The van der Waals surface area contributed by atoms with E-state index in [4.69, 9.17) is 5.73 Å². The molecule has 1 aliphatic rings. The smallest absolute Gasteiger partial charge is 0.130 e. The molecule has 0 fully saturated rings. The normalized spacial score (nSPS) is 17.3. The van der Waals surface area contributed by atoms with Gasteiger partial charge >= 0.3 is 0 Å². The van der Waals surface area contributed by atoms with Crippen LogP contribution in [-0.2, 0) is 19.3 Å². The molecule has 1 unspecified atom stereocenters. The van der Waals surface area contributed by atoms with E-state index in [2.05, 4.69) is 16.9 Å². The lowest BCUT2D eigenvalue weighted by Crippen LogP contribution is -2.21. The lowest BCUT2D eigenvalue weighted by molar-refractivity contribution is 0.632. The molecule has 2 N–H and O–H groups in total. The number of rotatable bonds is 2. The van der Waals surface area contributed by atoms with Crippen LogP contribution in [0, 0.1) is 6.92 Å². The zero-order valence-electron chi connectivity index (χ0n) is 9.58. The zero-order valence-corrected chi connectivity index (χ0v) is 9.58. The van der Waals surface area contributed by atoms with Crippen molar-refractivity contribution in [2.45, 2.75) is 52.0 Å². The van der Waals surface area contributed by atoms with Gasteiger partial charge < -0.3 is 5.73 Å². The zero-order chi connectivity index (χ0) is 10.8. The molecule has 3 nitrogen and oxygen atoms in total. The summed E-state index contributed by atoms with van der Waals surface area (Å²) in [4.78, 5) is 9.16. The van der Waals surface area contributed by atoms with E-state index in [1.54, 1.807) is 0 Å². The summed E-state index contributed by atoms with van der Waals surface area (Å²) in [6.45, 7) is 4.09. The first kappa shape index (κ1) is 10.6. The fourth-order valence-corrected chi connectivity index (χ4v) is 2.22. The third kappa shape index (κ3) is 2.34. The number of hydrogen-bond donors (Lipinski definition) is 1. The molecule has 0 aromatic carbocycles. The summed E-state index contributed by atoms with van der Waals surface area (Å²) in [5.74, 6) is 0.920. The van der Waals surface area contributed by atoms with Crippen LogP contribution in [0.2, 0.25) is 0 Å². The van der Waals surface area contributed by atoms with Crippen molar-refractivity contribution in [2.75, 3.05) is 0 Å². The Balaban J connectivity index is 2.32. The first-order valence-corrected chi connectivity index (χ1v) is 5.77. The van der Waals surface area contributed by atoms with Crippen LogP contribution in [0.4, 0.5) is 0 Å². The second kappa shape index (κ2) is 4.27. The van der Waals surface area contributed by atoms with Gasteiger partial charge in [-0.25, -0.2) is 9.97 Å². The number of hydrogen-bond acceptors (Lipinski definition) is 3. The lowest BCUT2D eigenvalue weighted by atomic mass is 9.95. The molecule has 0 saturated carbocycles. The molecule has 0 aliphatic heterocycles. The van der Waals surface area contributed by atoms with Crippen LogP contribution in [0.15, 0.2) is 0 Å². The molecule has 1 heterocycles. The van der Waals surface area contributed by atoms with Crippen molar-refractivity contribution in [3.05, 3.63) is 22.8 Å². The molecule has 1 atom stereocenters. The van der Waals surface area contributed by atoms with Crippen molar-refractivity contribution in [2.24, 2.45) is 5.73 Å². The van der Waals surface area contributed by atoms with Gasteiger partial charge in [0.05, 0.1) is 0 Å². The van der Waals surface area contributed by atoms with Crippen molar-refractivity contribution in [1.29, 1.82) is 0 Å². The Hall–Kier alpha value is -0.960. The Morgan fingerprint density at radius 3 is 2.73 bits per heavy atom. The van der Waals surface area contributed by atoms with Gasteiger partial charge in [-0.2, -0.15) is 0 Å². The number of fused-ring (bicyclic) bond motifs is 1. The van der Waals surface area contributed by atoms with Crippen LogP contribution in [0.5, 0.6) is 0 Å². The Labute approximate surface area is 91.1 Å². The van der Waals surface area contributed by atoms with E-state index in [-0.39, 0.29) is 6.04 Å². The third-order valence-electron chi connectivity index (χ3n) is 2.94. The molecule has 15 heavy (non-hydrogen) atoms. The Bertz CT molecular complexity index is 358. The average Bonchev–Trinajstić information content (AvgIpc) is 2.16. The fourth-order valence-electron chi connectivity index (χ4n) is 2.22. The Morgan fingerprint density at radius 2 is 2.00 bits per heavy atom. The van der Waals surface area contributed by atoms with E-state index in [1.165, 1.54) is 24.1 Å². The van der Waals surface area contributed by atoms with Gasteiger partial charge in [-0.05, 0) is 45.1 Å². The van der Waals surface area contributed by atoms with Gasteiger partial charge in [-0.15, -0.1) is 0 Å². The molecule has 0 radical (unpaired) electrons. The van der Waals surface area contributed by atoms with Crippen molar-refractivity contribution in [3.8, 4) is 0 Å². The van der Waals surface area contributed by atoms with Crippen LogP contribution in [0.1, 0.15) is 42.5 Å². The van der Waals surface area contributed by atoms with Crippen molar-refractivity contribution < 1.29 is 0 Å². The van der Waals surface area contributed by atoms with E-state index in [9.17, 15) is 0 Å². The molecule has 0 spiro atoms. The predicted molar refractivity (Wildman–Crippen MR) is 60.8 cm³/mol. The summed E-state index contributed by atoms with van der Waals surface area (Å²) in [7, 11) is 0. The second-order valence-electron chi connectivity index (χ2n) is 4.54. The molecule has 0 saturated heterocycles. The largest absolute Gasteiger partial charge is 0.328 e. The summed E-state index contributed by atoms with van der Waals surface area (Å²) in [6, 6.07) is 0.144. The highest BCUT2D eigenvalue weighted by Gasteiger charge is 2.15. The maximum Gasteiger partial charge on any atom is 0.130 e. The van der Waals surface area contributed by atoms with Crippen molar-refractivity contribution in [1.82, 2.24) is 9.97 Å². The average molecular weight is 205 g/mol. The van der Waals surface area contributed by atoms with E-state index in [1.807, 2.05) is 6.92 Å². The van der Waals surface area contributed by atoms with Crippen LogP contribution in [0.3, 0.4) is 0 Å². The minimum absolute atomic E-state index is 0.144. The highest BCUT2D eigenvalue weighted by atomic mass is 14.9. The van der Waals surface area contributed by atoms with E-state index in [0.717, 1.165) is 30.8 Å². The highest BCUT2D eigenvalue weighted by Crippen LogP contribution is 2.21. The molecule has 3 heteroatoms. The van der Waals surface area contributed by atoms with Crippen LogP contribution in [0.25, 0.3) is 0 Å². The van der Waals surface area contributed by atoms with E-state index < -0.39 is 0 Å². The number of nitrogens with zero attached hydrogens (tertiary/aromatic N) is 2. The summed E-state index contributed by atoms with van der Waals surface area (Å²) >= 11 is 0. The summed E-state index contributed by atoms with van der Waals surface area (Å²) in [6.07, 6.45) is 5.60.